The molecule has 2 heterocycles. The fourth-order valence-corrected chi connectivity index (χ4v) is 2.32. The number of ether oxygens (including phenoxy) is 2. The van der Waals surface area contributed by atoms with Crippen LogP contribution in [0.4, 0.5) is 5.82 Å². The normalized spacial score (nSPS) is 21.0. The van der Waals surface area contributed by atoms with Crippen LogP contribution in [0.3, 0.4) is 0 Å². The number of rotatable bonds is 4. The molecule has 0 bridgehead atoms. The van der Waals surface area contributed by atoms with Gasteiger partial charge >= 0.3 is 5.97 Å². The van der Waals surface area contributed by atoms with Crippen LogP contribution in [0.1, 0.15) is 12.5 Å². The number of allylic oxidation sites excluding steroid dienone is 1. The van der Waals surface area contributed by atoms with Gasteiger partial charge in [-0.25, -0.2) is 19.7 Å². The van der Waals surface area contributed by atoms with E-state index < -0.39 is 0 Å². The standard InChI is InChI=1S/C13H15N5O3/c1-20-10(19)5-21-9-3-2-8(4-9)18-7-17-11-12(14)15-6-16-13(11)18/h2-3,6-9H,4-5H2,1H3,(H2,14,15,16)/t8-,9+/m0/s1. The van der Waals surface area contributed by atoms with Gasteiger partial charge in [-0.2, -0.15) is 0 Å². The minimum absolute atomic E-state index is 0.0575. The molecule has 0 saturated carbocycles. The van der Waals surface area contributed by atoms with Gasteiger partial charge in [0, 0.05) is 6.42 Å². The molecule has 3 rings (SSSR count). The second kappa shape index (κ2) is 5.49. The summed E-state index contributed by atoms with van der Waals surface area (Å²) < 4.78 is 11.9. The third kappa shape index (κ3) is 2.57. The van der Waals surface area contributed by atoms with Crippen molar-refractivity contribution in [2.24, 2.45) is 0 Å². The number of hydrogen-bond acceptors (Lipinski definition) is 7. The number of carbonyl (C=O) groups excluding carboxylic acids is 1. The Kier molecular flexibility index (Phi) is 3.53. The lowest BCUT2D eigenvalue weighted by molar-refractivity contribution is -0.147. The molecule has 8 heteroatoms. The number of esters is 1. The number of hydrogen-bond donors (Lipinski definition) is 1. The molecule has 110 valence electrons. The van der Waals surface area contributed by atoms with Crippen LogP contribution >= 0.6 is 0 Å². The maximum absolute atomic E-state index is 11.1. The number of nitrogen functional groups attached to an aromatic ring is 1. The lowest BCUT2D eigenvalue weighted by Gasteiger charge is -2.14. The number of aromatic nitrogens is 4. The van der Waals surface area contributed by atoms with Crippen molar-refractivity contribution in [1.82, 2.24) is 19.5 Å². The molecule has 0 aromatic carbocycles. The second-order valence-electron chi connectivity index (χ2n) is 4.70. The molecule has 0 radical (unpaired) electrons. The average molecular weight is 289 g/mol. The summed E-state index contributed by atoms with van der Waals surface area (Å²) in [7, 11) is 1.33. The molecule has 2 N–H and O–H groups in total. The number of carbonyl (C=O) groups is 1. The van der Waals surface area contributed by atoms with Crippen LogP contribution in [-0.4, -0.2) is 45.3 Å². The Morgan fingerprint density at radius 2 is 2.29 bits per heavy atom. The van der Waals surface area contributed by atoms with E-state index in [9.17, 15) is 4.79 Å². The molecule has 1 aliphatic rings. The highest BCUT2D eigenvalue weighted by Gasteiger charge is 2.23. The van der Waals surface area contributed by atoms with E-state index in [-0.39, 0.29) is 24.7 Å². The van der Waals surface area contributed by atoms with Crippen molar-refractivity contribution < 1.29 is 14.3 Å². The van der Waals surface area contributed by atoms with Gasteiger partial charge in [-0.1, -0.05) is 12.2 Å². The maximum Gasteiger partial charge on any atom is 0.331 e. The van der Waals surface area contributed by atoms with Crippen LogP contribution in [0.15, 0.2) is 24.8 Å². The van der Waals surface area contributed by atoms with Crippen molar-refractivity contribution in [3.05, 3.63) is 24.8 Å². The van der Waals surface area contributed by atoms with E-state index in [1.54, 1.807) is 6.33 Å². The molecular weight excluding hydrogens is 274 g/mol. The highest BCUT2D eigenvalue weighted by molar-refractivity contribution is 5.81. The van der Waals surface area contributed by atoms with E-state index in [1.165, 1.54) is 13.4 Å². The molecular formula is C13H15N5O3. The Labute approximate surface area is 120 Å². The van der Waals surface area contributed by atoms with Crippen LogP contribution in [-0.2, 0) is 14.3 Å². The number of nitrogens with two attached hydrogens (primary N) is 1. The molecule has 1 aliphatic carbocycles. The first-order valence-electron chi connectivity index (χ1n) is 6.49. The Balaban J connectivity index is 1.72. The molecule has 0 aliphatic heterocycles. The van der Waals surface area contributed by atoms with Gasteiger partial charge in [-0.05, 0) is 0 Å². The predicted octanol–water partition coefficient (Wildman–Crippen LogP) is 0.468. The van der Waals surface area contributed by atoms with Gasteiger partial charge in [-0.15, -0.1) is 0 Å². The fraction of sp³-hybridized carbons (Fsp3) is 0.385. The first kappa shape index (κ1) is 13.5. The number of anilines is 1. The SMILES string of the molecule is COC(=O)CO[C@@H]1C=C[C@H](n2cnc3c(N)ncnc32)C1. The van der Waals surface area contributed by atoms with Crippen molar-refractivity contribution in [2.45, 2.75) is 18.6 Å². The smallest absolute Gasteiger partial charge is 0.331 e. The molecule has 0 saturated heterocycles. The Morgan fingerprint density at radius 1 is 1.43 bits per heavy atom. The largest absolute Gasteiger partial charge is 0.467 e. The molecule has 0 fully saturated rings. The first-order chi connectivity index (χ1) is 10.2. The summed E-state index contributed by atoms with van der Waals surface area (Å²) in [5, 5.41) is 0. The molecule has 2 aromatic heterocycles. The van der Waals surface area contributed by atoms with Crippen LogP contribution in [0.5, 0.6) is 0 Å². The van der Waals surface area contributed by atoms with Gasteiger partial charge in [0.25, 0.3) is 0 Å². The van der Waals surface area contributed by atoms with Crippen molar-refractivity contribution in [2.75, 3.05) is 19.5 Å². The van der Waals surface area contributed by atoms with Crippen LogP contribution < -0.4 is 5.73 Å². The van der Waals surface area contributed by atoms with E-state index >= 15 is 0 Å². The molecule has 0 unspecified atom stereocenters. The highest BCUT2D eigenvalue weighted by atomic mass is 16.6. The monoisotopic (exact) mass is 289 g/mol. The molecule has 8 nitrogen and oxygen atoms in total. The number of fused-ring (bicyclic) bond motifs is 1. The lowest BCUT2D eigenvalue weighted by atomic mass is 10.2. The van der Waals surface area contributed by atoms with Crippen molar-refractivity contribution in [3.63, 3.8) is 0 Å². The Hall–Kier alpha value is -2.48. The molecule has 0 spiro atoms. The van der Waals surface area contributed by atoms with E-state index in [0.29, 0.717) is 23.4 Å². The van der Waals surface area contributed by atoms with Gasteiger partial charge < -0.3 is 19.8 Å². The minimum Gasteiger partial charge on any atom is -0.467 e. The fourth-order valence-electron chi connectivity index (χ4n) is 2.32. The molecule has 2 aromatic rings. The number of nitrogens with zero attached hydrogens (tertiary/aromatic N) is 4. The maximum atomic E-state index is 11.1. The summed E-state index contributed by atoms with van der Waals surface area (Å²) in [6, 6.07) is 0.0620. The van der Waals surface area contributed by atoms with E-state index in [2.05, 4.69) is 19.7 Å². The van der Waals surface area contributed by atoms with Gasteiger partial charge in [0.15, 0.2) is 11.5 Å². The van der Waals surface area contributed by atoms with E-state index in [1.807, 2.05) is 16.7 Å². The van der Waals surface area contributed by atoms with Crippen LogP contribution in [0.25, 0.3) is 11.2 Å². The van der Waals surface area contributed by atoms with Gasteiger partial charge in [-0.3, -0.25) is 0 Å². The van der Waals surface area contributed by atoms with Gasteiger partial charge in [0.1, 0.15) is 18.5 Å². The summed E-state index contributed by atoms with van der Waals surface area (Å²) in [4.78, 5) is 23.4. The average Bonchev–Trinajstić information content (AvgIpc) is 3.11. The summed E-state index contributed by atoms with van der Waals surface area (Å²) in [5.74, 6) is -0.0281. The summed E-state index contributed by atoms with van der Waals surface area (Å²) in [5.41, 5.74) is 7.04. The van der Waals surface area contributed by atoms with Crippen molar-refractivity contribution in [1.29, 1.82) is 0 Å². The molecule has 21 heavy (non-hydrogen) atoms. The second-order valence-corrected chi connectivity index (χ2v) is 4.70. The number of imidazole rings is 1. The summed E-state index contributed by atoms with van der Waals surface area (Å²) in [6.07, 6.45) is 7.59. The van der Waals surface area contributed by atoms with E-state index in [4.69, 9.17) is 10.5 Å². The zero-order valence-corrected chi connectivity index (χ0v) is 11.5. The van der Waals surface area contributed by atoms with E-state index in [0.717, 1.165) is 0 Å². The van der Waals surface area contributed by atoms with Gasteiger partial charge in [0.05, 0.1) is 25.6 Å². The van der Waals surface area contributed by atoms with Gasteiger partial charge in [0.2, 0.25) is 0 Å². The zero-order valence-electron chi connectivity index (χ0n) is 11.5. The highest BCUT2D eigenvalue weighted by Crippen LogP contribution is 2.28. The minimum atomic E-state index is -0.388. The summed E-state index contributed by atoms with van der Waals surface area (Å²) >= 11 is 0. The van der Waals surface area contributed by atoms with Crippen LogP contribution in [0, 0.1) is 0 Å². The quantitative estimate of drug-likeness (QED) is 0.644. The molecule has 0 amide bonds. The lowest BCUT2D eigenvalue weighted by Crippen LogP contribution is -2.17. The molecule has 2 atom stereocenters. The third-order valence-corrected chi connectivity index (χ3v) is 3.41. The Morgan fingerprint density at radius 3 is 3.10 bits per heavy atom. The topological polar surface area (TPSA) is 105 Å². The van der Waals surface area contributed by atoms with Crippen molar-refractivity contribution >= 4 is 23.0 Å². The van der Waals surface area contributed by atoms with Crippen LogP contribution in [0.2, 0.25) is 0 Å². The number of methoxy groups -OCH3 is 1. The van der Waals surface area contributed by atoms with Crippen molar-refractivity contribution in [3.8, 4) is 0 Å². The predicted molar refractivity (Wildman–Crippen MR) is 74.3 cm³/mol. The Bertz CT molecular complexity index is 696. The first-order valence-corrected chi connectivity index (χ1v) is 6.49. The zero-order chi connectivity index (χ0) is 14.8. The third-order valence-electron chi connectivity index (χ3n) is 3.41. The summed E-state index contributed by atoms with van der Waals surface area (Å²) in [6.45, 7) is -0.0575.